The SMILES string of the molecule is COc1nc(N(C)C)ncc1N/C(=C1\C(=N)C(=O)N(c2c[nH]c(=O)c(Cl)c2)C1c1ccc(C#N)c(F)c1)C(C)C. The van der Waals surface area contributed by atoms with E-state index >= 15 is 0 Å². The molecule has 3 N–H and O–H groups in total. The van der Waals surface area contributed by atoms with E-state index in [1.165, 1.54) is 42.6 Å². The number of ether oxygens (including phenoxy) is 1. The minimum Gasteiger partial charge on any atom is -0.479 e. The number of aromatic nitrogens is 3. The zero-order valence-corrected chi connectivity index (χ0v) is 23.1. The largest absolute Gasteiger partial charge is 0.479 e. The topological polar surface area (TPSA) is 151 Å². The number of nitriles is 1. The van der Waals surface area contributed by atoms with Crippen LogP contribution in [0.15, 0.2) is 52.7 Å². The maximum Gasteiger partial charge on any atom is 0.277 e. The Hall–Kier alpha value is -4.76. The van der Waals surface area contributed by atoms with Gasteiger partial charge in [-0.25, -0.2) is 9.37 Å². The number of nitrogens with one attached hydrogen (secondary N) is 3. The van der Waals surface area contributed by atoms with Crippen molar-refractivity contribution in [2.75, 3.05) is 36.3 Å². The molecule has 40 heavy (non-hydrogen) atoms. The minimum atomic E-state index is -1.01. The zero-order chi connectivity index (χ0) is 29.3. The summed E-state index contributed by atoms with van der Waals surface area (Å²) in [5, 5.41) is 21.2. The van der Waals surface area contributed by atoms with Crippen molar-refractivity contribution in [1.29, 1.82) is 10.7 Å². The molecule has 1 fully saturated rings. The monoisotopic (exact) mass is 564 g/mol. The van der Waals surface area contributed by atoms with Gasteiger partial charge in [0.2, 0.25) is 11.8 Å². The van der Waals surface area contributed by atoms with Crippen LogP contribution in [-0.4, -0.2) is 47.8 Å². The summed E-state index contributed by atoms with van der Waals surface area (Å²) in [5.74, 6) is -1.10. The van der Waals surface area contributed by atoms with Crippen molar-refractivity contribution in [3.8, 4) is 11.9 Å². The molecule has 3 aromatic rings. The van der Waals surface area contributed by atoms with Gasteiger partial charge in [0.1, 0.15) is 28.3 Å². The Morgan fingerprint density at radius 3 is 2.62 bits per heavy atom. The quantitative estimate of drug-likeness (QED) is 0.389. The van der Waals surface area contributed by atoms with E-state index in [0.717, 1.165) is 6.07 Å². The van der Waals surface area contributed by atoms with E-state index in [0.29, 0.717) is 22.9 Å². The maximum absolute atomic E-state index is 14.9. The van der Waals surface area contributed by atoms with Gasteiger partial charge in [-0.05, 0) is 29.7 Å². The predicted octanol–water partition coefficient (Wildman–Crippen LogP) is 4.03. The van der Waals surface area contributed by atoms with Gasteiger partial charge < -0.3 is 19.9 Å². The molecule has 3 heterocycles. The number of pyridine rings is 1. The molecule has 0 bridgehead atoms. The number of benzene rings is 1. The van der Waals surface area contributed by atoms with Crippen molar-refractivity contribution in [3.05, 3.63) is 80.2 Å². The van der Waals surface area contributed by atoms with Crippen molar-refractivity contribution >= 4 is 40.5 Å². The van der Waals surface area contributed by atoms with E-state index in [-0.39, 0.29) is 39.4 Å². The van der Waals surface area contributed by atoms with Gasteiger partial charge in [0.25, 0.3) is 11.5 Å². The van der Waals surface area contributed by atoms with Crippen LogP contribution in [0.2, 0.25) is 5.02 Å². The smallest absolute Gasteiger partial charge is 0.277 e. The van der Waals surface area contributed by atoms with Crippen LogP contribution in [0.1, 0.15) is 31.0 Å². The Kier molecular flexibility index (Phi) is 7.88. The van der Waals surface area contributed by atoms with E-state index in [2.05, 4.69) is 20.3 Å². The van der Waals surface area contributed by atoms with Gasteiger partial charge in [0, 0.05) is 31.6 Å². The van der Waals surface area contributed by atoms with E-state index in [4.69, 9.17) is 21.7 Å². The van der Waals surface area contributed by atoms with Crippen molar-refractivity contribution in [1.82, 2.24) is 15.0 Å². The Bertz CT molecular complexity index is 1640. The number of aromatic amines is 1. The molecule has 0 spiro atoms. The second kappa shape index (κ2) is 11.2. The first-order chi connectivity index (χ1) is 19.0. The summed E-state index contributed by atoms with van der Waals surface area (Å²) in [7, 11) is 5.03. The summed E-state index contributed by atoms with van der Waals surface area (Å²) < 4.78 is 20.3. The van der Waals surface area contributed by atoms with Crippen LogP contribution in [0.5, 0.6) is 5.88 Å². The Morgan fingerprint density at radius 1 is 1.32 bits per heavy atom. The van der Waals surface area contributed by atoms with Crippen LogP contribution >= 0.6 is 11.6 Å². The molecule has 0 radical (unpaired) electrons. The highest BCUT2D eigenvalue weighted by molar-refractivity contribution is 6.52. The van der Waals surface area contributed by atoms with Crippen LogP contribution in [0.25, 0.3) is 0 Å². The van der Waals surface area contributed by atoms with Crippen molar-refractivity contribution in [2.45, 2.75) is 19.9 Å². The number of amides is 1. The Morgan fingerprint density at radius 2 is 2.05 bits per heavy atom. The number of methoxy groups -OCH3 is 1. The number of halogens is 2. The summed E-state index contributed by atoms with van der Waals surface area (Å²) in [6.45, 7) is 3.73. The van der Waals surface area contributed by atoms with Crippen molar-refractivity contribution in [2.24, 2.45) is 5.92 Å². The number of hydrogen-bond donors (Lipinski definition) is 3. The van der Waals surface area contributed by atoms with E-state index in [1.54, 1.807) is 25.1 Å². The first-order valence-electron chi connectivity index (χ1n) is 12.1. The molecule has 0 saturated carbocycles. The molecule has 1 amide bonds. The van der Waals surface area contributed by atoms with Crippen LogP contribution in [0.4, 0.5) is 21.7 Å². The van der Waals surface area contributed by atoms with E-state index < -0.39 is 23.3 Å². The summed E-state index contributed by atoms with van der Waals surface area (Å²) >= 11 is 6.07. The normalized spacial score (nSPS) is 16.3. The van der Waals surface area contributed by atoms with Gasteiger partial charge in [0.05, 0.1) is 30.6 Å². The van der Waals surface area contributed by atoms with Crippen molar-refractivity contribution < 1.29 is 13.9 Å². The zero-order valence-electron chi connectivity index (χ0n) is 22.3. The minimum absolute atomic E-state index is 0.163. The highest BCUT2D eigenvalue weighted by Crippen LogP contribution is 2.43. The molecule has 11 nitrogen and oxygen atoms in total. The molecule has 1 aliphatic heterocycles. The summed E-state index contributed by atoms with van der Waals surface area (Å²) in [5.41, 5.74) is 0.534. The fourth-order valence-corrected chi connectivity index (χ4v) is 4.51. The van der Waals surface area contributed by atoms with E-state index in [9.17, 15) is 19.2 Å². The van der Waals surface area contributed by atoms with Gasteiger partial charge >= 0.3 is 0 Å². The highest BCUT2D eigenvalue weighted by Gasteiger charge is 2.45. The van der Waals surface area contributed by atoms with E-state index in [1.807, 2.05) is 13.8 Å². The number of hydrogen-bond acceptors (Lipinski definition) is 9. The summed E-state index contributed by atoms with van der Waals surface area (Å²) in [6.07, 6.45) is 2.83. The van der Waals surface area contributed by atoms with Crippen LogP contribution in [0.3, 0.4) is 0 Å². The number of allylic oxidation sites excluding steroid dienone is 1. The molecular weight excluding hydrogens is 539 g/mol. The van der Waals surface area contributed by atoms with Crippen molar-refractivity contribution in [3.63, 3.8) is 0 Å². The Balaban J connectivity index is 1.97. The molecule has 1 aliphatic rings. The predicted molar refractivity (Wildman–Crippen MR) is 150 cm³/mol. The van der Waals surface area contributed by atoms with Crippen LogP contribution in [-0.2, 0) is 4.79 Å². The third-order valence-corrected chi connectivity index (χ3v) is 6.54. The lowest BCUT2D eigenvalue weighted by atomic mass is 9.92. The standard InChI is InChI=1S/C27H26ClFN8O3/c1-13(2)22(34-19-12-33-27(36(3)4)35-25(19)40-5)20-21(31)26(39)37(16-9-17(28)24(38)32-11-16)23(20)14-6-7-15(10-30)18(29)8-14/h6-9,11-13,23,31,34H,1-5H3,(H,32,38)/b22-20+,31-21?. The average Bonchev–Trinajstić information content (AvgIpc) is 3.18. The van der Waals surface area contributed by atoms with Gasteiger partial charge in [0.15, 0.2) is 0 Å². The van der Waals surface area contributed by atoms with Gasteiger partial charge in [-0.1, -0.05) is 31.5 Å². The molecular formula is C27H26ClFN8O3. The second-order valence-electron chi connectivity index (χ2n) is 9.43. The number of carbonyl (C=O) groups excluding carboxylic acids is 1. The third-order valence-electron chi connectivity index (χ3n) is 6.26. The third kappa shape index (κ3) is 5.11. The molecule has 1 unspecified atom stereocenters. The number of carbonyl (C=O) groups is 1. The first-order valence-corrected chi connectivity index (χ1v) is 12.5. The molecule has 1 aromatic carbocycles. The molecule has 13 heteroatoms. The lowest BCUT2D eigenvalue weighted by Gasteiger charge is -2.28. The average molecular weight is 565 g/mol. The molecule has 206 valence electrons. The summed E-state index contributed by atoms with van der Waals surface area (Å²) in [4.78, 5) is 39.7. The lowest BCUT2D eigenvalue weighted by Crippen LogP contribution is -2.30. The lowest BCUT2D eigenvalue weighted by molar-refractivity contribution is -0.112. The molecule has 4 rings (SSSR count). The maximum atomic E-state index is 14.9. The molecule has 1 saturated heterocycles. The first kappa shape index (κ1) is 28.3. The number of anilines is 3. The fourth-order valence-electron chi connectivity index (χ4n) is 4.34. The molecule has 0 aliphatic carbocycles. The van der Waals surface area contributed by atoms with Crippen LogP contribution in [0, 0.1) is 28.5 Å². The molecule has 2 aromatic heterocycles. The summed E-state index contributed by atoms with van der Waals surface area (Å²) in [6, 6.07) is 6.07. The number of nitrogens with zero attached hydrogens (tertiary/aromatic N) is 5. The highest BCUT2D eigenvalue weighted by atomic mass is 35.5. The fraction of sp³-hybridized carbons (Fsp3) is 0.259. The van der Waals surface area contributed by atoms with Gasteiger partial charge in [-0.15, -0.1) is 0 Å². The Labute approximate surface area is 234 Å². The number of rotatable bonds is 7. The van der Waals surface area contributed by atoms with Gasteiger partial charge in [-0.2, -0.15) is 10.2 Å². The second-order valence-corrected chi connectivity index (χ2v) is 9.84. The van der Waals surface area contributed by atoms with Crippen LogP contribution < -0.4 is 25.4 Å². The molecule has 1 atom stereocenters. The van der Waals surface area contributed by atoms with Gasteiger partial charge in [-0.3, -0.25) is 19.9 Å². The number of H-pyrrole nitrogens is 1.